The highest BCUT2D eigenvalue weighted by atomic mass is 19.3. The lowest BCUT2D eigenvalue weighted by Gasteiger charge is -2.26. The third-order valence-electron chi connectivity index (χ3n) is 4.39. The summed E-state index contributed by atoms with van der Waals surface area (Å²) < 4.78 is 34.2. The van der Waals surface area contributed by atoms with Crippen LogP contribution in [0.4, 0.5) is 13.6 Å². The average Bonchev–Trinajstić information content (AvgIpc) is 2.65. The molecule has 0 heterocycles. The predicted octanol–water partition coefficient (Wildman–Crippen LogP) is 4.38. The molecule has 0 unspecified atom stereocenters. The molecule has 7 heteroatoms. The first kappa shape index (κ1) is 21.5. The summed E-state index contributed by atoms with van der Waals surface area (Å²) in [6.45, 7) is 3.92. The normalized spacial score (nSPS) is 11.2. The Hall–Kier alpha value is -2.83. The van der Waals surface area contributed by atoms with Gasteiger partial charge in [0, 0.05) is 18.5 Å². The zero-order valence-electron chi connectivity index (χ0n) is 16.5. The van der Waals surface area contributed by atoms with E-state index in [1.807, 2.05) is 25.1 Å². The summed E-state index contributed by atoms with van der Waals surface area (Å²) in [4.78, 5) is 12.2. The lowest BCUT2D eigenvalue weighted by Crippen LogP contribution is -2.42. The Morgan fingerprint density at radius 1 is 1.11 bits per heavy atom. The highest BCUT2D eigenvalue weighted by Gasteiger charge is 2.21. The van der Waals surface area contributed by atoms with Crippen LogP contribution in [0, 0.1) is 6.92 Å². The Morgan fingerprint density at radius 3 is 2.50 bits per heavy atom. The summed E-state index contributed by atoms with van der Waals surface area (Å²) in [6.07, 6.45) is 0. The molecule has 2 N–H and O–H groups in total. The minimum atomic E-state index is -2.93. The monoisotopic (exact) mass is 392 g/mol. The van der Waals surface area contributed by atoms with Crippen LogP contribution >= 0.6 is 0 Å². The van der Waals surface area contributed by atoms with Gasteiger partial charge in [0.1, 0.15) is 0 Å². The molecule has 0 fully saturated rings. The third kappa shape index (κ3) is 6.11. The molecule has 0 radical (unpaired) electrons. The fraction of sp³-hybridized carbons (Fsp3) is 0.381. The Morgan fingerprint density at radius 2 is 1.86 bits per heavy atom. The second-order valence-corrected chi connectivity index (χ2v) is 7.15. The van der Waals surface area contributed by atoms with E-state index in [-0.39, 0.29) is 29.5 Å². The van der Waals surface area contributed by atoms with Crippen LogP contribution in [0.5, 0.6) is 11.5 Å². The van der Waals surface area contributed by atoms with Crippen molar-refractivity contribution < 1.29 is 23.0 Å². The number of nitrogens with one attached hydrogen (secondary N) is 2. The zero-order chi connectivity index (χ0) is 20.7. The summed E-state index contributed by atoms with van der Waals surface area (Å²) in [6, 6.07) is 12.4. The molecule has 0 aliphatic carbocycles. The molecule has 0 aliphatic rings. The van der Waals surface area contributed by atoms with E-state index in [0.29, 0.717) is 12.1 Å². The Bertz CT molecular complexity index is 810. The highest BCUT2D eigenvalue weighted by Crippen LogP contribution is 2.29. The number of amides is 2. The van der Waals surface area contributed by atoms with Crippen molar-refractivity contribution >= 4 is 6.03 Å². The Kier molecular flexibility index (Phi) is 7.20. The molecule has 2 aromatic rings. The van der Waals surface area contributed by atoms with Gasteiger partial charge in [-0.15, -0.1) is 0 Å². The van der Waals surface area contributed by atoms with Crippen molar-refractivity contribution in [3.05, 3.63) is 59.2 Å². The number of hydrogen-bond donors (Lipinski definition) is 2. The van der Waals surface area contributed by atoms with Gasteiger partial charge in [-0.1, -0.05) is 49.7 Å². The van der Waals surface area contributed by atoms with Gasteiger partial charge in [-0.05, 0) is 30.2 Å². The number of methoxy groups -OCH3 is 1. The lowest BCUT2D eigenvalue weighted by molar-refractivity contribution is -0.0512. The third-order valence-corrected chi connectivity index (χ3v) is 4.39. The van der Waals surface area contributed by atoms with Gasteiger partial charge >= 0.3 is 12.6 Å². The van der Waals surface area contributed by atoms with Gasteiger partial charge in [0.15, 0.2) is 11.5 Å². The van der Waals surface area contributed by atoms with Gasteiger partial charge in [-0.25, -0.2) is 4.79 Å². The molecule has 2 rings (SSSR count). The van der Waals surface area contributed by atoms with E-state index in [9.17, 15) is 13.6 Å². The number of urea groups is 1. The maximum Gasteiger partial charge on any atom is 0.387 e. The van der Waals surface area contributed by atoms with Crippen LogP contribution in [-0.4, -0.2) is 26.3 Å². The van der Waals surface area contributed by atoms with Crippen LogP contribution < -0.4 is 20.1 Å². The van der Waals surface area contributed by atoms with Crippen LogP contribution in [0.3, 0.4) is 0 Å². The van der Waals surface area contributed by atoms with Gasteiger partial charge in [0.2, 0.25) is 0 Å². The maximum atomic E-state index is 12.4. The molecule has 5 nitrogen and oxygen atoms in total. The van der Waals surface area contributed by atoms with E-state index < -0.39 is 6.61 Å². The molecular weight excluding hydrogens is 366 g/mol. The van der Waals surface area contributed by atoms with E-state index >= 15 is 0 Å². The smallest absolute Gasteiger partial charge is 0.387 e. The Balaban J connectivity index is 1.90. The summed E-state index contributed by atoms with van der Waals surface area (Å²) in [5, 5.41) is 5.62. The first-order valence-electron chi connectivity index (χ1n) is 8.92. The molecular formula is C21H26F2N2O3. The van der Waals surface area contributed by atoms with Crippen molar-refractivity contribution in [1.29, 1.82) is 0 Å². The molecule has 0 aliphatic heterocycles. The molecule has 2 amide bonds. The van der Waals surface area contributed by atoms with E-state index in [1.54, 1.807) is 12.1 Å². The van der Waals surface area contributed by atoms with Gasteiger partial charge in [0.25, 0.3) is 0 Å². The lowest BCUT2D eigenvalue weighted by atomic mass is 9.84. The van der Waals surface area contributed by atoms with E-state index in [0.717, 1.165) is 5.56 Å². The molecule has 0 saturated carbocycles. The fourth-order valence-corrected chi connectivity index (χ4v) is 2.73. The van der Waals surface area contributed by atoms with E-state index in [1.165, 1.54) is 18.7 Å². The van der Waals surface area contributed by atoms with E-state index in [2.05, 4.69) is 35.3 Å². The van der Waals surface area contributed by atoms with Crippen molar-refractivity contribution in [2.24, 2.45) is 0 Å². The highest BCUT2D eigenvalue weighted by molar-refractivity contribution is 5.74. The second kappa shape index (κ2) is 9.39. The van der Waals surface area contributed by atoms with Crippen molar-refractivity contribution in [3.63, 3.8) is 0 Å². The predicted molar refractivity (Wildman–Crippen MR) is 104 cm³/mol. The zero-order valence-corrected chi connectivity index (χ0v) is 16.5. The van der Waals surface area contributed by atoms with Crippen molar-refractivity contribution in [1.82, 2.24) is 10.6 Å². The van der Waals surface area contributed by atoms with Crippen LogP contribution in [0.2, 0.25) is 0 Å². The molecule has 0 bridgehead atoms. The van der Waals surface area contributed by atoms with Gasteiger partial charge in [0.05, 0.1) is 7.11 Å². The molecule has 28 heavy (non-hydrogen) atoms. The number of halogens is 2. The number of alkyl halides is 2. The number of aryl methyl sites for hydroxylation is 1. The summed E-state index contributed by atoms with van der Waals surface area (Å²) in [5.41, 5.74) is 2.79. The molecule has 152 valence electrons. The number of benzene rings is 2. The van der Waals surface area contributed by atoms with Crippen molar-refractivity contribution in [2.75, 3.05) is 13.7 Å². The quantitative estimate of drug-likeness (QED) is 0.701. The van der Waals surface area contributed by atoms with Gasteiger partial charge < -0.3 is 20.1 Å². The SMILES string of the molecule is COc1cc(CNC(=O)NCC(C)(C)c2cccc(C)c2)ccc1OC(F)F. The van der Waals surface area contributed by atoms with Crippen LogP contribution in [0.25, 0.3) is 0 Å². The van der Waals surface area contributed by atoms with Crippen LogP contribution in [0.1, 0.15) is 30.5 Å². The standard InChI is InChI=1S/C21H26F2N2O3/c1-14-6-5-7-16(10-14)21(2,3)13-25-20(26)24-12-15-8-9-17(28-19(22)23)18(11-15)27-4/h5-11,19H,12-13H2,1-4H3,(H2,24,25,26). The first-order chi connectivity index (χ1) is 13.2. The maximum absolute atomic E-state index is 12.4. The minimum Gasteiger partial charge on any atom is -0.493 e. The topological polar surface area (TPSA) is 59.6 Å². The second-order valence-electron chi connectivity index (χ2n) is 7.15. The van der Waals surface area contributed by atoms with Crippen molar-refractivity contribution in [3.8, 4) is 11.5 Å². The molecule has 0 spiro atoms. The average molecular weight is 392 g/mol. The summed E-state index contributed by atoms with van der Waals surface area (Å²) in [5.74, 6) is 0.131. The molecule has 0 atom stereocenters. The number of ether oxygens (including phenoxy) is 2. The van der Waals surface area contributed by atoms with Crippen molar-refractivity contribution in [2.45, 2.75) is 39.3 Å². The number of carbonyl (C=O) groups is 1. The minimum absolute atomic E-state index is 0.0504. The van der Waals surface area contributed by atoms with Gasteiger partial charge in [-0.2, -0.15) is 8.78 Å². The molecule has 0 saturated heterocycles. The molecule has 0 aromatic heterocycles. The fourth-order valence-electron chi connectivity index (χ4n) is 2.73. The summed E-state index contributed by atoms with van der Waals surface area (Å²) in [7, 11) is 1.37. The van der Waals surface area contributed by atoms with E-state index in [4.69, 9.17) is 4.74 Å². The molecule has 2 aromatic carbocycles. The number of hydrogen-bond acceptors (Lipinski definition) is 3. The summed E-state index contributed by atoms with van der Waals surface area (Å²) >= 11 is 0. The van der Waals surface area contributed by atoms with Gasteiger partial charge in [-0.3, -0.25) is 0 Å². The first-order valence-corrected chi connectivity index (χ1v) is 8.92. The Labute approximate surface area is 164 Å². The number of carbonyl (C=O) groups excluding carboxylic acids is 1. The van der Waals surface area contributed by atoms with Crippen LogP contribution in [0.15, 0.2) is 42.5 Å². The number of rotatable bonds is 8. The van der Waals surface area contributed by atoms with Crippen LogP contribution in [-0.2, 0) is 12.0 Å². The largest absolute Gasteiger partial charge is 0.493 e.